The number of carbonyl (C=O) groups excluding carboxylic acids is 2. The quantitative estimate of drug-likeness (QED) is 0.793. The lowest BCUT2D eigenvalue weighted by atomic mass is 9.99. The van der Waals surface area contributed by atoms with E-state index in [-0.39, 0.29) is 35.6 Å². The Balaban J connectivity index is 2.60. The topological polar surface area (TPSA) is 65.7 Å². The summed E-state index contributed by atoms with van der Waals surface area (Å²) in [6.45, 7) is 12.3. The lowest BCUT2D eigenvalue weighted by molar-refractivity contribution is 0.0296. The highest BCUT2D eigenvalue weighted by molar-refractivity contribution is 5.90. The number of esters is 2. The van der Waals surface area contributed by atoms with Crippen molar-refractivity contribution in [2.24, 2.45) is 10.8 Å². The van der Waals surface area contributed by atoms with Gasteiger partial charge in [0.1, 0.15) is 0 Å². The van der Waals surface area contributed by atoms with Crippen molar-refractivity contribution in [2.75, 3.05) is 13.2 Å². The Morgan fingerprint density at radius 3 is 1.48 bits per heavy atom. The van der Waals surface area contributed by atoms with Crippen molar-refractivity contribution in [1.82, 2.24) is 0 Å². The number of hydrogen-bond donors (Lipinski definition) is 0. The third-order valence-electron chi connectivity index (χ3n) is 2.28. The van der Waals surface area contributed by atoms with Crippen molar-refractivity contribution in [2.45, 2.75) is 41.5 Å². The van der Waals surface area contributed by atoms with Crippen molar-refractivity contribution in [3.8, 4) is 0 Å². The van der Waals surface area contributed by atoms with E-state index in [0.717, 1.165) is 0 Å². The Hall–Kier alpha value is -1.78. The van der Waals surface area contributed by atoms with Gasteiger partial charge in [0.05, 0.1) is 13.2 Å². The molecular formula is C16H24O5. The highest BCUT2D eigenvalue weighted by Gasteiger charge is 2.21. The van der Waals surface area contributed by atoms with Gasteiger partial charge in [-0.05, 0) is 23.0 Å². The van der Waals surface area contributed by atoms with Crippen molar-refractivity contribution < 1.29 is 23.5 Å². The van der Waals surface area contributed by atoms with Crippen molar-refractivity contribution in [3.05, 3.63) is 23.7 Å². The SMILES string of the molecule is CC(C)(C)COC(=O)c1ccc(C(=O)OCC(C)(C)C)o1. The van der Waals surface area contributed by atoms with Crippen LogP contribution in [-0.4, -0.2) is 25.2 Å². The molecule has 0 aromatic carbocycles. The molecule has 0 atom stereocenters. The first-order chi connectivity index (χ1) is 9.48. The zero-order valence-electron chi connectivity index (χ0n) is 13.6. The van der Waals surface area contributed by atoms with Crippen LogP contribution < -0.4 is 0 Å². The summed E-state index contributed by atoms with van der Waals surface area (Å²) in [5, 5.41) is 0. The van der Waals surface area contributed by atoms with Crippen LogP contribution in [0.5, 0.6) is 0 Å². The molecule has 1 rings (SSSR count). The Bertz CT molecular complexity index is 455. The lowest BCUT2D eigenvalue weighted by Gasteiger charge is -2.17. The molecular weight excluding hydrogens is 272 g/mol. The highest BCUT2D eigenvalue weighted by Crippen LogP contribution is 2.17. The zero-order valence-corrected chi connectivity index (χ0v) is 13.6. The summed E-state index contributed by atoms with van der Waals surface area (Å²) in [5.41, 5.74) is -0.257. The molecule has 5 heteroatoms. The van der Waals surface area contributed by atoms with Crippen LogP contribution in [0, 0.1) is 10.8 Å². The van der Waals surface area contributed by atoms with Crippen LogP contribution in [0.25, 0.3) is 0 Å². The van der Waals surface area contributed by atoms with Gasteiger partial charge in [-0.2, -0.15) is 0 Å². The van der Waals surface area contributed by atoms with Crippen LogP contribution in [0.4, 0.5) is 0 Å². The van der Waals surface area contributed by atoms with Crippen molar-refractivity contribution in [3.63, 3.8) is 0 Å². The fraction of sp³-hybridized carbons (Fsp3) is 0.625. The van der Waals surface area contributed by atoms with Crippen LogP contribution >= 0.6 is 0 Å². The fourth-order valence-corrected chi connectivity index (χ4v) is 1.26. The van der Waals surface area contributed by atoms with E-state index in [4.69, 9.17) is 13.9 Å². The molecule has 0 bridgehead atoms. The molecule has 0 fully saturated rings. The average Bonchev–Trinajstić information content (AvgIpc) is 2.80. The lowest BCUT2D eigenvalue weighted by Crippen LogP contribution is -2.18. The molecule has 0 N–H and O–H groups in total. The molecule has 5 nitrogen and oxygen atoms in total. The van der Waals surface area contributed by atoms with Gasteiger partial charge in [-0.25, -0.2) is 9.59 Å². The average molecular weight is 296 g/mol. The van der Waals surface area contributed by atoms with E-state index in [1.165, 1.54) is 12.1 Å². The van der Waals surface area contributed by atoms with E-state index in [0.29, 0.717) is 0 Å². The standard InChI is InChI=1S/C16H24O5/c1-15(2,3)9-19-13(17)11-7-8-12(21-11)14(18)20-10-16(4,5)6/h7-8H,9-10H2,1-6H3. The van der Waals surface area contributed by atoms with E-state index in [1.54, 1.807) is 0 Å². The first-order valence-electron chi connectivity index (χ1n) is 6.92. The molecule has 1 heterocycles. The molecule has 0 saturated heterocycles. The molecule has 1 aromatic heterocycles. The number of hydrogen-bond acceptors (Lipinski definition) is 5. The Morgan fingerprint density at radius 1 is 0.857 bits per heavy atom. The normalized spacial score (nSPS) is 12.1. The molecule has 1 aromatic rings. The second-order valence-electron chi connectivity index (χ2n) is 7.44. The maximum Gasteiger partial charge on any atom is 0.374 e. The van der Waals surface area contributed by atoms with Crippen molar-refractivity contribution >= 4 is 11.9 Å². The summed E-state index contributed by atoms with van der Waals surface area (Å²) in [6.07, 6.45) is 0. The summed E-state index contributed by atoms with van der Waals surface area (Å²) in [7, 11) is 0. The molecule has 0 aliphatic rings. The van der Waals surface area contributed by atoms with Gasteiger partial charge in [-0.1, -0.05) is 41.5 Å². The minimum Gasteiger partial charge on any atom is -0.459 e. The zero-order chi connectivity index (χ0) is 16.3. The number of carbonyl (C=O) groups is 2. The molecule has 0 spiro atoms. The summed E-state index contributed by atoms with van der Waals surface area (Å²) in [5.74, 6) is -1.16. The molecule has 0 aliphatic carbocycles. The Kier molecular flexibility index (Phi) is 5.20. The van der Waals surface area contributed by atoms with Crippen LogP contribution in [0.1, 0.15) is 62.7 Å². The number of furan rings is 1. The Labute approximate surface area is 125 Å². The maximum atomic E-state index is 11.8. The highest BCUT2D eigenvalue weighted by atomic mass is 16.6. The van der Waals surface area contributed by atoms with E-state index < -0.39 is 11.9 Å². The molecule has 21 heavy (non-hydrogen) atoms. The van der Waals surface area contributed by atoms with Gasteiger partial charge in [0.2, 0.25) is 11.5 Å². The van der Waals surface area contributed by atoms with Gasteiger partial charge in [-0.15, -0.1) is 0 Å². The van der Waals surface area contributed by atoms with Gasteiger partial charge >= 0.3 is 11.9 Å². The second-order valence-corrected chi connectivity index (χ2v) is 7.44. The van der Waals surface area contributed by atoms with Crippen LogP contribution in [0.3, 0.4) is 0 Å². The first kappa shape index (κ1) is 17.3. The monoisotopic (exact) mass is 296 g/mol. The molecule has 0 unspecified atom stereocenters. The molecule has 118 valence electrons. The number of rotatable bonds is 4. The van der Waals surface area contributed by atoms with Gasteiger partial charge in [0, 0.05) is 0 Å². The predicted octanol–water partition coefficient (Wildman–Crippen LogP) is 3.69. The fourth-order valence-electron chi connectivity index (χ4n) is 1.26. The maximum absolute atomic E-state index is 11.8. The third-order valence-corrected chi connectivity index (χ3v) is 2.28. The van der Waals surface area contributed by atoms with Crippen LogP contribution in [0.2, 0.25) is 0 Å². The molecule has 0 amide bonds. The van der Waals surface area contributed by atoms with E-state index in [2.05, 4.69) is 0 Å². The first-order valence-corrected chi connectivity index (χ1v) is 6.92. The van der Waals surface area contributed by atoms with Gasteiger partial charge in [0.25, 0.3) is 0 Å². The minimum absolute atomic E-state index is 0.00181. The molecule has 0 saturated carbocycles. The molecule has 0 radical (unpaired) electrons. The second kappa shape index (κ2) is 6.33. The number of ether oxygens (including phenoxy) is 2. The predicted molar refractivity (Wildman–Crippen MR) is 78.2 cm³/mol. The minimum atomic E-state index is -0.584. The summed E-state index contributed by atoms with van der Waals surface area (Å²) < 4.78 is 15.4. The van der Waals surface area contributed by atoms with Gasteiger partial charge < -0.3 is 13.9 Å². The largest absolute Gasteiger partial charge is 0.459 e. The van der Waals surface area contributed by atoms with Crippen LogP contribution in [-0.2, 0) is 9.47 Å². The summed E-state index contributed by atoms with van der Waals surface area (Å²) >= 11 is 0. The van der Waals surface area contributed by atoms with Crippen molar-refractivity contribution in [1.29, 1.82) is 0 Å². The van der Waals surface area contributed by atoms with Gasteiger partial charge in [0.15, 0.2) is 0 Å². The van der Waals surface area contributed by atoms with E-state index in [9.17, 15) is 9.59 Å². The third kappa shape index (κ3) is 6.47. The smallest absolute Gasteiger partial charge is 0.374 e. The summed E-state index contributed by atoms with van der Waals surface area (Å²) in [6, 6.07) is 2.83. The van der Waals surface area contributed by atoms with Crippen LogP contribution in [0.15, 0.2) is 16.5 Å². The molecule has 0 aliphatic heterocycles. The van der Waals surface area contributed by atoms with E-state index >= 15 is 0 Å². The van der Waals surface area contributed by atoms with E-state index in [1.807, 2.05) is 41.5 Å². The summed E-state index contributed by atoms with van der Waals surface area (Å²) in [4.78, 5) is 23.6. The van der Waals surface area contributed by atoms with Gasteiger partial charge in [-0.3, -0.25) is 0 Å². The Morgan fingerprint density at radius 2 is 1.19 bits per heavy atom.